The topological polar surface area (TPSA) is 83.5 Å². The fourth-order valence-electron chi connectivity index (χ4n) is 2.48. The van der Waals surface area contributed by atoms with Crippen LogP contribution in [0.25, 0.3) is 0 Å². The molecule has 1 fully saturated rings. The van der Waals surface area contributed by atoms with Gasteiger partial charge in [-0.15, -0.1) is 0 Å². The third-order valence-electron chi connectivity index (χ3n) is 3.68. The fraction of sp³-hybridized carbons (Fsp3) is 0.600. The molecule has 0 aromatic carbocycles. The van der Waals surface area contributed by atoms with Gasteiger partial charge in [0.1, 0.15) is 0 Å². The Hall–Kier alpha value is -2.03. The molecule has 2 atom stereocenters. The number of aliphatic hydroxyl groups is 1. The van der Waals surface area contributed by atoms with Gasteiger partial charge in [-0.2, -0.15) is 13.2 Å². The van der Waals surface area contributed by atoms with Crippen LogP contribution in [0.5, 0.6) is 5.88 Å². The molecule has 0 spiro atoms. The number of carbonyl (C=O) groups is 1. The van der Waals surface area contributed by atoms with Crippen molar-refractivity contribution in [1.82, 2.24) is 15.6 Å². The summed E-state index contributed by atoms with van der Waals surface area (Å²) in [4.78, 5) is 15.5. The lowest BCUT2D eigenvalue weighted by molar-refractivity contribution is -0.154. The Balaban J connectivity index is 1.79. The zero-order chi connectivity index (χ0) is 17.6. The van der Waals surface area contributed by atoms with Gasteiger partial charge in [-0.1, -0.05) is 12.8 Å². The smallest absolute Gasteiger partial charge is 0.422 e. The summed E-state index contributed by atoms with van der Waals surface area (Å²) in [5.41, 5.74) is 0.557. The van der Waals surface area contributed by atoms with E-state index in [0.717, 1.165) is 19.3 Å². The van der Waals surface area contributed by atoms with Crippen molar-refractivity contribution in [3.05, 3.63) is 23.9 Å². The first-order valence-corrected chi connectivity index (χ1v) is 7.70. The van der Waals surface area contributed by atoms with E-state index in [1.54, 1.807) is 6.07 Å². The van der Waals surface area contributed by atoms with Gasteiger partial charge in [0, 0.05) is 18.8 Å². The molecule has 6 nitrogen and oxygen atoms in total. The number of rotatable bonds is 5. The van der Waals surface area contributed by atoms with E-state index in [1.807, 2.05) is 0 Å². The number of carbonyl (C=O) groups excluding carboxylic acids is 1. The highest BCUT2D eigenvalue weighted by Gasteiger charge is 2.28. The van der Waals surface area contributed by atoms with Crippen LogP contribution in [-0.4, -0.2) is 41.1 Å². The van der Waals surface area contributed by atoms with Crippen molar-refractivity contribution in [2.45, 2.75) is 50.6 Å². The molecule has 0 saturated heterocycles. The van der Waals surface area contributed by atoms with Crippen LogP contribution in [0.4, 0.5) is 18.0 Å². The van der Waals surface area contributed by atoms with E-state index in [1.165, 1.54) is 12.3 Å². The first-order valence-electron chi connectivity index (χ1n) is 7.70. The van der Waals surface area contributed by atoms with Crippen LogP contribution in [0.15, 0.2) is 18.3 Å². The maximum Gasteiger partial charge on any atom is 0.422 e. The number of nitrogens with zero attached hydrogens (tertiary/aromatic N) is 1. The number of pyridine rings is 1. The molecule has 134 valence electrons. The quantitative estimate of drug-likeness (QED) is 0.762. The Kier molecular flexibility index (Phi) is 6.24. The normalized spacial score (nSPS) is 21.2. The highest BCUT2D eigenvalue weighted by atomic mass is 19.4. The zero-order valence-electron chi connectivity index (χ0n) is 13.0. The minimum absolute atomic E-state index is 0.111. The third kappa shape index (κ3) is 6.23. The monoisotopic (exact) mass is 347 g/mol. The lowest BCUT2D eigenvalue weighted by Gasteiger charge is -2.28. The van der Waals surface area contributed by atoms with E-state index in [9.17, 15) is 23.1 Å². The predicted molar refractivity (Wildman–Crippen MR) is 79.4 cm³/mol. The molecule has 2 amide bonds. The van der Waals surface area contributed by atoms with Gasteiger partial charge in [0.25, 0.3) is 0 Å². The molecule has 1 aromatic rings. The van der Waals surface area contributed by atoms with Gasteiger partial charge in [-0.3, -0.25) is 0 Å². The van der Waals surface area contributed by atoms with E-state index in [4.69, 9.17) is 0 Å². The molecule has 1 aliphatic rings. The number of halogens is 3. The molecule has 1 heterocycles. The molecular weight excluding hydrogens is 327 g/mol. The van der Waals surface area contributed by atoms with E-state index in [0.29, 0.717) is 12.0 Å². The second kappa shape index (κ2) is 8.18. The van der Waals surface area contributed by atoms with Crippen LogP contribution < -0.4 is 15.4 Å². The second-order valence-corrected chi connectivity index (χ2v) is 5.69. The summed E-state index contributed by atoms with van der Waals surface area (Å²) >= 11 is 0. The average molecular weight is 347 g/mol. The van der Waals surface area contributed by atoms with E-state index in [-0.39, 0.29) is 18.5 Å². The Bertz CT molecular complexity index is 554. The van der Waals surface area contributed by atoms with Crippen molar-refractivity contribution >= 4 is 6.03 Å². The SMILES string of the molecule is O=C(NCc1ccnc(OCC(F)(F)F)c1)N[C@H]1CCCC[C@H]1O. The fourth-order valence-corrected chi connectivity index (χ4v) is 2.48. The highest BCUT2D eigenvalue weighted by molar-refractivity contribution is 5.74. The summed E-state index contributed by atoms with van der Waals surface area (Å²) in [6, 6.07) is 2.19. The summed E-state index contributed by atoms with van der Waals surface area (Å²) < 4.78 is 40.9. The summed E-state index contributed by atoms with van der Waals surface area (Å²) in [6.45, 7) is -1.31. The number of alkyl halides is 3. The van der Waals surface area contributed by atoms with Gasteiger partial charge in [0.2, 0.25) is 5.88 Å². The van der Waals surface area contributed by atoms with Crippen LogP contribution in [-0.2, 0) is 6.54 Å². The Morgan fingerprint density at radius 3 is 2.83 bits per heavy atom. The van der Waals surface area contributed by atoms with Crippen molar-refractivity contribution < 1.29 is 27.8 Å². The van der Waals surface area contributed by atoms with Crippen LogP contribution >= 0.6 is 0 Å². The molecule has 1 aliphatic carbocycles. The number of hydrogen-bond donors (Lipinski definition) is 3. The summed E-state index contributed by atoms with van der Waals surface area (Å²) in [5, 5.41) is 15.1. The first kappa shape index (κ1) is 18.3. The van der Waals surface area contributed by atoms with Crippen LogP contribution in [0.3, 0.4) is 0 Å². The summed E-state index contributed by atoms with van der Waals surface area (Å²) in [6.07, 6.45) is -0.394. The van der Waals surface area contributed by atoms with Crippen LogP contribution in [0.2, 0.25) is 0 Å². The van der Waals surface area contributed by atoms with Crippen molar-refractivity contribution in [3.63, 3.8) is 0 Å². The number of amides is 2. The van der Waals surface area contributed by atoms with Gasteiger partial charge in [-0.25, -0.2) is 9.78 Å². The maximum absolute atomic E-state index is 12.1. The zero-order valence-corrected chi connectivity index (χ0v) is 13.0. The van der Waals surface area contributed by atoms with Gasteiger partial charge in [-0.05, 0) is 24.5 Å². The van der Waals surface area contributed by atoms with Crippen LogP contribution in [0, 0.1) is 0 Å². The highest BCUT2D eigenvalue weighted by Crippen LogP contribution is 2.19. The number of aromatic nitrogens is 1. The molecule has 1 saturated carbocycles. The maximum atomic E-state index is 12.1. The molecule has 0 unspecified atom stereocenters. The lowest BCUT2D eigenvalue weighted by atomic mass is 9.93. The lowest BCUT2D eigenvalue weighted by Crippen LogP contribution is -2.48. The average Bonchev–Trinajstić information content (AvgIpc) is 2.53. The number of hydrogen-bond acceptors (Lipinski definition) is 4. The minimum atomic E-state index is -4.43. The molecule has 0 radical (unpaired) electrons. The molecule has 3 N–H and O–H groups in total. The third-order valence-corrected chi connectivity index (χ3v) is 3.68. The summed E-state index contributed by atoms with van der Waals surface area (Å²) in [7, 11) is 0. The van der Waals surface area contributed by atoms with Crippen LogP contribution in [0.1, 0.15) is 31.2 Å². The van der Waals surface area contributed by atoms with Gasteiger partial charge >= 0.3 is 12.2 Å². The number of ether oxygens (including phenoxy) is 1. The molecule has 9 heteroatoms. The summed E-state index contributed by atoms with van der Waals surface area (Å²) in [5.74, 6) is -0.158. The van der Waals surface area contributed by atoms with Gasteiger partial charge in [0.05, 0.1) is 12.1 Å². The number of urea groups is 1. The van der Waals surface area contributed by atoms with Gasteiger partial charge < -0.3 is 20.5 Å². The van der Waals surface area contributed by atoms with Crippen molar-refractivity contribution in [1.29, 1.82) is 0 Å². The van der Waals surface area contributed by atoms with Crippen molar-refractivity contribution in [2.75, 3.05) is 6.61 Å². The number of nitrogens with one attached hydrogen (secondary N) is 2. The van der Waals surface area contributed by atoms with E-state index in [2.05, 4.69) is 20.4 Å². The Labute approximate surface area is 137 Å². The molecule has 0 aliphatic heterocycles. The second-order valence-electron chi connectivity index (χ2n) is 5.69. The first-order chi connectivity index (χ1) is 11.3. The van der Waals surface area contributed by atoms with E-state index >= 15 is 0 Å². The number of aliphatic hydroxyl groups excluding tert-OH is 1. The Morgan fingerprint density at radius 2 is 2.12 bits per heavy atom. The predicted octanol–water partition coefficient (Wildman–Crippen LogP) is 2.13. The molecule has 1 aromatic heterocycles. The Morgan fingerprint density at radius 1 is 1.38 bits per heavy atom. The molecule has 24 heavy (non-hydrogen) atoms. The largest absolute Gasteiger partial charge is 0.468 e. The van der Waals surface area contributed by atoms with Crippen molar-refractivity contribution in [2.24, 2.45) is 0 Å². The minimum Gasteiger partial charge on any atom is -0.468 e. The molecular formula is C15H20F3N3O3. The standard InChI is InChI=1S/C15H20F3N3O3/c16-15(17,18)9-24-13-7-10(5-6-19-13)8-20-14(23)21-11-3-1-2-4-12(11)22/h5-7,11-12,22H,1-4,8-9H2,(H2,20,21,23)/t11-,12+/m0/s1. The van der Waals surface area contributed by atoms with Gasteiger partial charge in [0.15, 0.2) is 6.61 Å². The molecule has 0 bridgehead atoms. The van der Waals surface area contributed by atoms with E-state index < -0.39 is 24.9 Å². The van der Waals surface area contributed by atoms with Crippen molar-refractivity contribution in [3.8, 4) is 5.88 Å². The molecule has 2 rings (SSSR count).